The van der Waals surface area contributed by atoms with E-state index >= 15 is 0 Å². The van der Waals surface area contributed by atoms with Crippen molar-refractivity contribution < 1.29 is 36.2 Å². The fourth-order valence-electron chi connectivity index (χ4n) is 1.85. The minimum absolute atomic E-state index is 0.0142. The van der Waals surface area contributed by atoms with Gasteiger partial charge in [0, 0.05) is 6.07 Å². The molecule has 0 aliphatic heterocycles. The van der Waals surface area contributed by atoms with Gasteiger partial charge < -0.3 is 9.84 Å². The van der Waals surface area contributed by atoms with Crippen molar-refractivity contribution in [2.45, 2.75) is 11.1 Å². The Morgan fingerprint density at radius 3 is 2.44 bits per heavy atom. The topological polar surface area (TPSA) is 92.7 Å². The number of carbonyl (C=O) groups is 1. The number of alkyl halides is 3. The Morgan fingerprint density at radius 2 is 1.80 bits per heavy atom. The molecule has 10 heteroatoms. The highest BCUT2D eigenvalue weighted by Gasteiger charge is 2.31. The molecule has 0 spiro atoms. The third kappa shape index (κ3) is 5.11. The van der Waals surface area contributed by atoms with E-state index in [1.807, 2.05) is 0 Å². The number of anilines is 1. The molecule has 25 heavy (non-hydrogen) atoms. The monoisotopic (exact) mass is 375 g/mol. The molecule has 0 saturated heterocycles. The second kappa shape index (κ2) is 7.01. The highest BCUT2D eigenvalue weighted by Crippen LogP contribution is 2.31. The number of ether oxygens (including phenoxy) is 1. The van der Waals surface area contributed by atoms with E-state index in [4.69, 9.17) is 9.84 Å². The number of nitrogens with one attached hydrogen (secondary N) is 1. The van der Waals surface area contributed by atoms with Crippen LogP contribution >= 0.6 is 0 Å². The molecule has 0 heterocycles. The zero-order valence-electron chi connectivity index (χ0n) is 12.4. The van der Waals surface area contributed by atoms with Gasteiger partial charge in [-0.25, -0.2) is 13.2 Å². The Morgan fingerprint density at radius 1 is 1.12 bits per heavy atom. The SMILES string of the molecule is O=C(O)COc1cccc(NS(=O)(=O)c2cccc(C(F)(F)F)c2)c1. The molecule has 0 radical (unpaired) electrons. The number of sulfonamides is 1. The van der Waals surface area contributed by atoms with Crippen molar-refractivity contribution >= 4 is 21.7 Å². The second-order valence-electron chi connectivity index (χ2n) is 4.84. The maximum Gasteiger partial charge on any atom is 0.416 e. The number of halogens is 3. The summed E-state index contributed by atoms with van der Waals surface area (Å²) in [7, 11) is -4.27. The van der Waals surface area contributed by atoms with Gasteiger partial charge in [-0.3, -0.25) is 4.72 Å². The van der Waals surface area contributed by atoms with Crippen molar-refractivity contribution in [3.63, 3.8) is 0 Å². The molecule has 0 unspecified atom stereocenters. The third-order valence-corrected chi connectivity index (χ3v) is 4.30. The minimum Gasteiger partial charge on any atom is -0.482 e. The van der Waals surface area contributed by atoms with Crippen molar-refractivity contribution in [1.29, 1.82) is 0 Å². The minimum atomic E-state index is -4.67. The maximum atomic E-state index is 12.7. The van der Waals surface area contributed by atoms with Crippen molar-refractivity contribution in [2.24, 2.45) is 0 Å². The molecule has 0 bridgehead atoms. The van der Waals surface area contributed by atoms with Gasteiger partial charge in [0.1, 0.15) is 5.75 Å². The normalized spacial score (nSPS) is 11.8. The van der Waals surface area contributed by atoms with E-state index in [2.05, 4.69) is 4.72 Å². The smallest absolute Gasteiger partial charge is 0.416 e. The van der Waals surface area contributed by atoms with Crippen LogP contribution in [0.3, 0.4) is 0 Å². The molecule has 2 aromatic carbocycles. The predicted octanol–water partition coefficient (Wildman–Crippen LogP) is 2.97. The van der Waals surface area contributed by atoms with E-state index < -0.39 is 39.2 Å². The molecule has 0 amide bonds. The zero-order chi connectivity index (χ0) is 18.7. The lowest BCUT2D eigenvalue weighted by Crippen LogP contribution is -2.15. The fourth-order valence-corrected chi connectivity index (χ4v) is 2.94. The van der Waals surface area contributed by atoms with Crippen LogP contribution in [-0.4, -0.2) is 26.1 Å². The standard InChI is InChI=1S/C15H12F3NO5S/c16-15(17,18)10-3-1-6-13(7-10)25(22,23)19-11-4-2-5-12(8-11)24-9-14(20)21/h1-8,19H,9H2,(H,20,21). The van der Waals surface area contributed by atoms with E-state index in [1.54, 1.807) is 0 Å². The predicted molar refractivity (Wildman–Crippen MR) is 81.8 cm³/mol. The number of benzene rings is 2. The molecular weight excluding hydrogens is 363 g/mol. The highest BCUT2D eigenvalue weighted by atomic mass is 32.2. The molecule has 0 fully saturated rings. The van der Waals surface area contributed by atoms with Gasteiger partial charge in [0.05, 0.1) is 16.1 Å². The van der Waals surface area contributed by atoms with Crippen LogP contribution in [0.4, 0.5) is 18.9 Å². The molecule has 0 aliphatic rings. The summed E-state index contributed by atoms with van der Waals surface area (Å²) in [6.07, 6.45) is -4.67. The Balaban J connectivity index is 2.24. The van der Waals surface area contributed by atoms with Gasteiger partial charge in [-0.2, -0.15) is 13.2 Å². The van der Waals surface area contributed by atoms with Gasteiger partial charge in [-0.05, 0) is 30.3 Å². The summed E-state index contributed by atoms with van der Waals surface area (Å²) in [5.74, 6) is -1.12. The van der Waals surface area contributed by atoms with Gasteiger partial charge in [-0.1, -0.05) is 12.1 Å². The van der Waals surface area contributed by atoms with Crippen LogP contribution < -0.4 is 9.46 Å². The lowest BCUT2D eigenvalue weighted by molar-refractivity contribution is -0.139. The van der Waals surface area contributed by atoms with Crippen LogP contribution in [-0.2, 0) is 21.0 Å². The van der Waals surface area contributed by atoms with Crippen LogP contribution in [0.1, 0.15) is 5.56 Å². The third-order valence-electron chi connectivity index (χ3n) is 2.92. The van der Waals surface area contributed by atoms with E-state index in [0.717, 1.165) is 18.2 Å². The van der Waals surface area contributed by atoms with Crippen LogP contribution in [0.2, 0.25) is 0 Å². The van der Waals surface area contributed by atoms with Gasteiger partial charge in [0.15, 0.2) is 6.61 Å². The summed E-state index contributed by atoms with van der Waals surface area (Å²) >= 11 is 0. The Bertz CT molecular complexity index is 881. The average Bonchev–Trinajstić information content (AvgIpc) is 2.52. The molecule has 0 aliphatic carbocycles. The van der Waals surface area contributed by atoms with Crippen LogP contribution in [0.25, 0.3) is 0 Å². The summed E-state index contributed by atoms with van der Waals surface area (Å²) in [5.41, 5.74) is -1.07. The van der Waals surface area contributed by atoms with E-state index in [9.17, 15) is 26.4 Å². The lowest BCUT2D eigenvalue weighted by atomic mass is 10.2. The Hall–Kier alpha value is -2.75. The lowest BCUT2D eigenvalue weighted by Gasteiger charge is -2.12. The zero-order valence-corrected chi connectivity index (χ0v) is 13.3. The Kier molecular flexibility index (Phi) is 5.21. The number of hydrogen-bond acceptors (Lipinski definition) is 4. The number of carboxylic acids is 1. The molecule has 2 aromatic rings. The van der Waals surface area contributed by atoms with E-state index in [-0.39, 0.29) is 11.4 Å². The van der Waals surface area contributed by atoms with Gasteiger partial charge in [-0.15, -0.1) is 0 Å². The maximum absolute atomic E-state index is 12.7. The first-order valence-electron chi connectivity index (χ1n) is 6.73. The van der Waals surface area contributed by atoms with Crippen molar-refractivity contribution in [1.82, 2.24) is 0 Å². The quantitative estimate of drug-likeness (QED) is 0.810. The van der Waals surface area contributed by atoms with E-state index in [0.29, 0.717) is 6.07 Å². The molecule has 6 nitrogen and oxygen atoms in total. The largest absolute Gasteiger partial charge is 0.482 e. The van der Waals surface area contributed by atoms with Gasteiger partial charge in [0.2, 0.25) is 0 Å². The van der Waals surface area contributed by atoms with Crippen molar-refractivity contribution in [2.75, 3.05) is 11.3 Å². The summed E-state index contributed by atoms with van der Waals surface area (Å²) in [5, 5.41) is 8.54. The molecule has 0 saturated carbocycles. The molecule has 0 atom stereocenters. The molecule has 0 aromatic heterocycles. The van der Waals surface area contributed by atoms with Crippen LogP contribution in [0.5, 0.6) is 5.75 Å². The first-order chi connectivity index (χ1) is 11.6. The average molecular weight is 375 g/mol. The van der Waals surface area contributed by atoms with Crippen LogP contribution in [0, 0.1) is 0 Å². The first-order valence-corrected chi connectivity index (χ1v) is 8.21. The summed E-state index contributed by atoms with van der Waals surface area (Å²) in [4.78, 5) is 9.90. The Labute approximate surface area is 140 Å². The summed E-state index contributed by atoms with van der Waals surface area (Å²) in [6.45, 7) is -0.621. The number of carboxylic acid groups (broad SMARTS) is 1. The second-order valence-corrected chi connectivity index (χ2v) is 6.52. The summed E-state index contributed by atoms with van der Waals surface area (Å²) in [6, 6.07) is 8.68. The molecule has 2 rings (SSSR count). The summed E-state index contributed by atoms with van der Waals surface area (Å²) < 4.78 is 69.6. The number of hydrogen-bond donors (Lipinski definition) is 2. The first kappa shape index (κ1) is 18.6. The number of aliphatic carboxylic acids is 1. The highest BCUT2D eigenvalue weighted by molar-refractivity contribution is 7.92. The van der Waals surface area contributed by atoms with Crippen molar-refractivity contribution in [3.8, 4) is 5.75 Å². The van der Waals surface area contributed by atoms with Gasteiger partial charge >= 0.3 is 12.1 Å². The van der Waals surface area contributed by atoms with Gasteiger partial charge in [0.25, 0.3) is 10.0 Å². The fraction of sp³-hybridized carbons (Fsp3) is 0.133. The van der Waals surface area contributed by atoms with Crippen LogP contribution in [0.15, 0.2) is 53.4 Å². The number of rotatable bonds is 6. The van der Waals surface area contributed by atoms with Crippen molar-refractivity contribution in [3.05, 3.63) is 54.1 Å². The molecule has 134 valence electrons. The molecule has 2 N–H and O–H groups in total. The van der Waals surface area contributed by atoms with E-state index in [1.165, 1.54) is 24.3 Å². The molecular formula is C15H12F3NO5S.